The fraction of sp³-hybridized carbons (Fsp3) is 0.240. The number of carbonyl (C=O) groups is 1. The summed E-state index contributed by atoms with van der Waals surface area (Å²) in [6.07, 6.45) is 4.02. The summed E-state index contributed by atoms with van der Waals surface area (Å²) in [5.41, 5.74) is 3.27. The summed E-state index contributed by atoms with van der Waals surface area (Å²) in [7, 11) is 1.57. The Bertz CT molecular complexity index is 1190. The van der Waals surface area contributed by atoms with Crippen LogP contribution in [0.5, 0.6) is 17.2 Å². The molecule has 0 spiro atoms. The summed E-state index contributed by atoms with van der Waals surface area (Å²) in [6, 6.07) is 11.5. The van der Waals surface area contributed by atoms with Gasteiger partial charge >= 0.3 is 0 Å². The molecule has 170 valence electrons. The van der Waals surface area contributed by atoms with Gasteiger partial charge in [-0.25, -0.2) is 0 Å². The lowest BCUT2D eigenvalue weighted by Crippen LogP contribution is -2.35. The Balaban J connectivity index is 1.46. The number of nitrogens with zero attached hydrogens (tertiary/aromatic N) is 2. The van der Waals surface area contributed by atoms with Crippen LogP contribution in [0.1, 0.15) is 23.1 Å². The van der Waals surface area contributed by atoms with Crippen molar-refractivity contribution >= 4 is 34.7 Å². The van der Waals surface area contributed by atoms with E-state index in [0.717, 1.165) is 5.75 Å². The number of amides is 1. The summed E-state index contributed by atoms with van der Waals surface area (Å²) < 4.78 is 17.3. The first-order valence-corrected chi connectivity index (χ1v) is 11.4. The highest BCUT2D eigenvalue weighted by molar-refractivity contribution is 8.16. The quantitative estimate of drug-likeness (QED) is 0.441. The number of amidine groups is 2. The van der Waals surface area contributed by atoms with E-state index >= 15 is 0 Å². The molecule has 1 amide bonds. The third-order valence-electron chi connectivity index (χ3n) is 5.32. The van der Waals surface area contributed by atoms with E-state index in [1.807, 2.05) is 30.3 Å². The highest BCUT2D eigenvalue weighted by atomic mass is 32.2. The number of aryl methyl sites for hydroxylation is 2. The van der Waals surface area contributed by atoms with Gasteiger partial charge in [0, 0.05) is 18.2 Å². The zero-order chi connectivity index (χ0) is 23.4. The Morgan fingerprint density at radius 2 is 1.94 bits per heavy atom. The predicted molar refractivity (Wildman–Crippen MR) is 131 cm³/mol. The van der Waals surface area contributed by atoms with Gasteiger partial charge in [-0.2, -0.15) is 4.99 Å². The van der Waals surface area contributed by atoms with Crippen LogP contribution in [0.25, 0.3) is 6.08 Å². The first-order chi connectivity index (χ1) is 16.0. The van der Waals surface area contributed by atoms with Gasteiger partial charge in [-0.15, -0.1) is 0 Å². The standard InChI is InChI=1S/C25H25N3O4S/c1-16-8-9-19(14-17(16)2)31-11-5-12-32-22-18(6-4-7-21(22)30-3)15-20-23(26)28-10-13-33-25(28)27-24(20)29/h4,6-10,13-15,26H,5,11-12H2,1-3H3/b20-15-,26-23?. The average Bonchev–Trinajstić information content (AvgIpc) is 3.27. The molecule has 0 unspecified atom stereocenters. The fourth-order valence-electron chi connectivity index (χ4n) is 3.38. The van der Waals surface area contributed by atoms with Crippen LogP contribution < -0.4 is 14.2 Å². The highest BCUT2D eigenvalue weighted by Crippen LogP contribution is 2.34. The van der Waals surface area contributed by atoms with Gasteiger partial charge in [-0.05, 0) is 54.7 Å². The van der Waals surface area contributed by atoms with Crippen LogP contribution in [0.2, 0.25) is 0 Å². The van der Waals surface area contributed by atoms with Crippen LogP contribution in [-0.2, 0) is 4.79 Å². The molecular weight excluding hydrogens is 438 g/mol. The van der Waals surface area contributed by atoms with E-state index in [0.29, 0.717) is 41.9 Å². The number of hydrogen-bond donors (Lipinski definition) is 1. The predicted octanol–water partition coefficient (Wildman–Crippen LogP) is 4.94. The topological polar surface area (TPSA) is 84.2 Å². The van der Waals surface area contributed by atoms with E-state index < -0.39 is 5.91 Å². The zero-order valence-electron chi connectivity index (χ0n) is 18.8. The molecule has 0 radical (unpaired) electrons. The summed E-state index contributed by atoms with van der Waals surface area (Å²) in [4.78, 5) is 18.2. The third kappa shape index (κ3) is 4.96. The number of fused-ring (bicyclic) bond motifs is 1. The minimum absolute atomic E-state index is 0.0850. The zero-order valence-corrected chi connectivity index (χ0v) is 19.6. The molecule has 8 heteroatoms. The third-order valence-corrected chi connectivity index (χ3v) is 6.08. The molecule has 0 aromatic heterocycles. The lowest BCUT2D eigenvalue weighted by atomic mass is 10.1. The molecule has 7 nitrogen and oxygen atoms in total. The number of carbonyl (C=O) groups excluding carboxylic acids is 1. The molecule has 0 fully saturated rings. The van der Waals surface area contributed by atoms with Gasteiger partial charge < -0.3 is 14.2 Å². The molecule has 2 heterocycles. The van der Waals surface area contributed by atoms with Gasteiger partial charge in [0.2, 0.25) is 0 Å². The molecule has 0 bridgehead atoms. The molecule has 2 aromatic rings. The number of rotatable bonds is 8. The van der Waals surface area contributed by atoms with E-state index in [4.69, 9.17) is 19.6 Å². The molecule has 1 N–H and O–H groups in total. The molecule has 0 atom stereocenters. The van der Waals surface area contributed by atoms with Crippen molar-refractivity contribution < 1.29 is 19.0 Å². The van der Waals surface area contributed by atoms with Gasteiger partial charge in [0.1, 0.15) is 11.6 Å². The van der Waals surface area contributed by atoms with E-state index in [9.17, 15) is 4.79 Å². The number of para-hydroxylation sites is 1. The lowest BCUT2D eigenvalue weighted by Gasteiger charge is -2.22. The Labute approximate surface area is 197 Å². The van der Waals surface area contributed by atoms with Gasteiger partial charge in [-0.1, -0.05) is 30.0 Å². The van der Waals surface area contributed by atoms with Gasteiger partial charge in [-0.3, -0.25) is 15.1 Å². The average molecular weight is 464 g/mol. The van der Waals surface area contributed by atoms with Crippen LogP contribution in [0.15, 0.2) is 58.6 Å². The monoisotopic (exact) mass is 463 g/mol. The number of aliphatic imine (C=N–C) groups is 1. The SMILES string of the molecule is COc1cccc(/C=C2/C(=N)N3C=CSC3=NC2=O)c1OCCCOc1ccc(C)c(C)c1. The molecule has 0 aliphatic carbocycles. The molecule has 2 aliphatic rings. The first kappa shape index (κ1) is 22.7. The fourth-order valence-corrected chi connectivity index (χ4v) is 4.08. The number of benzene rings is 2. The van der Waals surface area contributed by atoms with Crippen molar-refractivity contribution in [3.05, 3.63) is 70.3 Å². The Kier molecular flexibility index (Phi) is 6.84. The molecular formula is C25H25N3O4S. The number of ether oxygens (including phenoxy) is 3. The molecule has 4 rings (SSSR count). The maximum absolute atomic E-state index is 12.5. The molecule has 0 saturated heterocycles. The summed E-state index contributed by atoms with van der Waals surface area (Å²) in [5, 5.41) is 10.7. The minimum Gasteiger partial charge on any atom is -0.493 e. The number of hydrogen-bond acceptors (Lipinski definition) is 6. The lowest BCUT2D eigenvalue weighted by molar-refractivity contribution is -0.114. The van der Waals surface area contributed by atoms with Gasteiger partial charge in [0.25, 0.3) is 5.91 Å². The van der Waals surface area contributed by atoms with E-state index in [1.165, 1.54) is 22.9 Å². The summed E-state index contributed by atoms with van der Waals surface area (Å²) >= 11 is 1.32. The van der Waals surface area contributed by atoms with Crippen LogP contribution in [0.3, 0.4) is 0 Å². The normalized spacial score (nSPS) is 16.2. The van der Waals surface area contributed by atoms with Gasteiger partial charge in [0.05, 0.1) is 25.9 Å². The van der Waals surface area contributed by atoms with E-state index in [1.54, 1.807) is 35.8 Å². The Morgan fingerprint density at radius 1 is 1.12 bits per heavy atom. The molecule has 33 heavy (non-hydrogen) atoms. The van der Waals surface area contributed by atoms with Crippen LogP contribution in [0.4, 0.5) is 0 Å². The van der Waals surface area contributed by atoms with Gasteiger partial charge in [0.15, 0.2) is 16.7 Å². The van der Waals surface area contributed by atoms with Crippen molar-refractivity contribution in [2.45, 2.75) is 20.3 Å². The molecule has 0 saturated carbocycles. The van der Waals surface area contributed by atoms with Crippen molar-refractivity contribution in [1.29, 1.82) is 5.41 Å². The molecule has 2 aromatic carbocycles. The van der Waals surface area contributed by atoms with Crippen LogP contribution in [0, 0.1) is 19.3 Å². The van der Waals surface area contributed by atoms with Crippen molar-refractivity contribution in [2.24, 2.45) is 4.99 Å². The largest absolute Gasteiger partial charge is 0.493 e. The van der Waals surface area contributed by atoms with Crippen LogP contribution in [-0.4, -0.2) is 42.1 Å². The van der Waals surface area contributed by atoms with Crippen molar-refractivity contribution in [3.63, 3.8) is 0 Å². The molecule has 2 aliphatic heterocycles. The van der Waals surface area contributed by atoms with Crippen molar-refractivity contribution in [3.8, 4) is 17.2 Å². The second kappa shape index (κ2) is 9.95. The van der Waals surface area contributed by atoms with E-state index in [-0.39, 0.29) is 11.4 Å². The number of thioether (sulfide) groups is 1. The second-order valence-electron chi connectivity index (χ2n) is 7.55. The second-order valence-corrected chi connectivity index (χ2v) is 8.43. The maximum atomic E-state index is 12.5. The van der Waals surface area contributed by atoms with E-state index in [2.05, 4.69) is 18.8 Å². The Hall–Kier alpha value is -3.52. The summed E-state index contributed by atoms with van der Waals surface area (Å²) in [6.45, 7) is 5.04. The number of nitrogens with one attached hydrogen (secondary N) is 1. The maximum Gasteiger partial charge on any atom is 0.283 e. The van der Waals surface area contributed by atoms with Crippen LogP contribution >= 0.6 is 11.8 Å². The Morgan fingerprint density at radius 3 is 2.73 bits per heavy atom. The van der Waals surface area contributed by atoms with Crippen molar-refractivity contribution in [1.82, 2.24) is 4.90 Å². The number of methoxy groups -OCH3 is 1. The first-order valence-electron chi connectivity index (χ1n) is 10.5. The van der Waals surface area contributed by atoms with Crippen molar-refractivity contribution in [2.75, 3.05) is 20.3 Å². The summed E-state index contributed by atoms with van der Waals surface area (Å²) in [5.74, 6) is 1.54. The smallest absolute Gasteiger partial charge is 0.283 e. The highest BCUT2D eigenvalue weighted by Gasteiger charge is 2.31. The minimum atomic E-state index is -0.446.